The second kappa shape index (κ2) is 7.23. The van der Waals surface area contributed by atoms with Gasteiger partial charge in [0.2, 0.25) is 5.91 Å². The summed E-state index contributed by atoms with van der Waals surface area (Å²) in [6, 6.07) is 4.35. The summed E-state index contributed by atoms with van der Waals surface area (Å²) in [4.78, 5) is 12.9. The van der Waals surface area contributed by atoms with Crippen molar-refractivity contribution in [2.75, 3.05) is 19.8 Å². The first-order valence-electron chi connectivity index (χ1n) is 6.06. The third-order valence-corrected chi connectivity index (χ3v) is 4.42. The number of hydrogen-bond acceptors (Lipinski definition) is 4. The van der Waals surface area contributed by atoms with Gasteiger partial charge in [0.25, 0.3) is 0 Å². The molecule has 0 saturated carbocycles. The topological polar surface area (TPSA) is 50.4 Å². The lowest BCUT2D eigenvalue weighted by molar-refractivity contribution is -0.121. The van der Waals surface area contributed by atoms with Crippen LogP contribution in [0.15, 0.2) is 15.9 Å². The number of halogens is 1. The summed E-state index contributed by atoms with van der Waals surface area (Å²) in [5.41, 5.74) is 0. The van der Waals surface area contributed by atoms with E-state index in [1.54, 1.807) is 11.3 Å². The van der Waals surface area contributed by atoms with Gasteiger partial charge >= 0.3 is 0 Å². The van der Waals surface area contributed by atoms with Crippen molar-refractivity contribution in [3.05, 3.63) is 20.8 Å². The minimum atomic E-state index is 0.0671. The largest absolute Gasteiger partial charge is 0.381 e. The van der Waals surface area contributed by atoms with Crippen LogP contribution in [0.5, 0.6) is 0 Å². The van der Waals surface area contributed by atoms with E-state index >= 15 is 0 Å². The molecule has 0 atom stereocenters. The molecule has 1 aliphatic heterocycles. The zero-order valence-corrected chi connectivity index (χ0v) is 12.5. The van der Waals surface area contributed by atoms with Crippen LogP contribution in [0.4, 0.5) is 0 Å². The van der Waals surface area contributed by atoms with Crippen LogP contribution in [0.3, 0.4) is 0 Å². The summed E-state index contributed by atoms with van der Waals surface area (Å²) >= 11 is 5.10. The van der Waals surface area contributed by atoms with Gasteiger partial charge in [0, 0.05) is 30.7 Å². The lowest BCUT2D eigenvalue weighted by Crippen LogP contribution is -2.42. The molecule has 1 aromatic heterocycles. The van der Waals surface area contributed by atoms with Crippen LogP contribution in [0.25, 0.3) is 0 Å². The predicted molar refractivity (Wildman–Crippen MR) is 75.7 cm³/mol. The van der Waals surface area contributed by atoms with E-state index in [0.717, 1.165) is 36.4 Å². The third-order valence-electron chi connectivity index (χ3n) is 2.80. The summed E-state index contributed by atoms with van der Waals surface area (Å²) < 4.78 is 6.37. The van der Waals surface area contributed by atoms with Crippen molar-refractivity contribution in [1.82, 2.24) is 10.6 Å². The van der Waals surface area contributed by atoms with Crippen LogP contribution in [0.2, 0.25) is 0 Å². The standard InChI is InChI=1S/C12H17BrN2O2S/c13-11-2-1-10(18-11)7-14-8-12(16)15-9-3-5-17-6-4-9/h1-2,9,14H,3-8H2,(H,15,16). The van der Waals surface area contributed by atoms with E-state index < -0.39 is 0 Å². The molecule has 1 fully saturated rings. The van der Waals surface area contributed by atoms with Gasteiger partial charge in [0.05, 0.1) is 10.3 Å². The molecule has 6 heteroatoms. The zero-order chi connectivity index (χ0) is 12.8. The first-order chi connectivity index (χ1) is 8.74. The van der Waals surface area contributed by atoms with E-state index in [1.807, 2.05) is 6.07 Å². The molecule has 4 nitrogen and oxygen atoms in total. The van der Waals surface area contributed by atoms with E-state index in [0.29, 0.717) is 6.54 Å². The van der Waals surface area contributed by atoms with Gasteiger partial charge in [-0.15, -0.1) is 11.3 Å². The molecule has 0 unspecified atom stereocenters. The molecule has 1 aliphatic rings. The molecule has 1 aromatic rings. The van der Waals surface area contributed by atoms with E-state index in [-0.39, 0.29) is 11.9 Å². The Morgan fingerprint density at radius 2 is 2.22 bits per heavy atom. The Hall–Kier alpha value is -0.430. The second-order valence-corrected chi connectivity index (χ2v) is 6.81. The quantitative estimate of drug-likeness (QED) is 0.865. The van der Waals surface area contributed by atoms with Crippen LogP contribution >= 0.6 is 27.3 Å². The maximum Gasteiger partial charge on any atom is 0.234 e. The molecule has 0 bridgehead atoms. The summed E-state index contributed by atoms with van der Waals surface area (Å²) in [5, 5.41) is 6.17. The summed E-state index contributed by atoms with van der Waals surface area (Å²) in [7, 11) is 0. The molecule has 0 aromatic carbocycles. The molecule has 1 saturated heterocycles. The maximum absolute atomic E-state index is 11.7. The highest BCUT2D eigenvalue weighted by Crippen LogP contribution is 2.21. The van der Waals surface area contributed by atoms with Crippen molar-refractivity contribution in [1.29, 1.82) is 0 Å². The highest BCUT2D eigenvalue weighted by Gasteiger charge is 2.15. The fraction of sp³-hybridized carbons (Fsp3) is 0.583. The number of carbonyl (C=O) groups is 1. The minimum absolute atomic E-state index is 0.0671. The van der Waals surface area contributed by atoms with Crippen molar-refractivity contribution in [2.45, 2.75) is 25.4 Å². The van der Waals surface area contributed by atoms with Crippen molar-refractivity contribution < 1.29 is 9.53 Å². The number of ether oxygens (including phenoxy) is 1. The van der Waals surface area contributed by atoms with Crippen molar-refractivity contribution in [3.63, 3.8) is 0 Å². The van der Waals surface area contributed by atoms with Crippen LogP contribution < -0.4 is 10.6 Å². The average molecular weight is 333 g/mol. The molecule has 0 aliphatic carbocycles. The molecular weight excluding hydrogens is 316 g/mol. The van der Waals surface area contributed by atoms with Gasteiger partial charge in [-0.25, -0.2) is 0 Å². The molecule has 2 heterocycles. The Bertz CT molecular complexity index is 391. The van der Waals surface area contributed by atoms with Gasteiger partial charge in [-0.3, -0.25) is 4.79 Å². The van der Waals surface area contributed by atoms with Gasteiger partial charge in [-0.1, -0.05) is 0 Å². The number of rotatable bonds is 5. The smallest absolute Gasteiger partial charge is 0.234 e. The molecule has 100 valence electrons. The Balaban J connectivity index is 1.62. The molecule has 0 spiro atoms. The number of nitrogens with one attached hydrogen (secondary N) is 2. The van der Waals surface area contributed by atoms with Crippen molar-refractivity contribution >= 4 is 33.2 Å². The van der Waals surface area contributed by atoms with Gasteiger partial charge in [-0.2, -0.15) is 0 Å². The molecule has 0 radical (unpaired) electrons. The number of carbonyl (C=O) groups excluding carboxylic acids is 1. The molecule has 2 rings (SSSR count). The highest BCUT2D eigenvalue weighted by atomic mass is 79.9. The molecular formula is C12H17BrN2O2S. The minimum Gasteiger partial charge on any atom is -0.381 e. The zero-order valence-electron chi connectivity index (χ0n) is 10.1. The van der Waals surface area contributed by atoms with Crippen LogP contribution in [-0.2, 0) is 16.1 Å². The average Bonchev–Trinajstić information content (AvgIpc) is 2.76. The van der Waals surface area contributed by atoms with E-state index in [4.69, 9.17) is 4.74 Å². The van der Waals surface area contributed by atoms with E-state index in [9.17, 15) is 4.79 Å². The van der Waals surface area contributed by atoms with E-state index in [2.05, 4.69) is 32.6 Å². The van der Waals surface area contributed by atoms with Crippen molar-refractivity contribution in [3.8, 4) is 0 Å². The molecule has 18 heavy (non-hydrogen) atoms. The first-order valence-corrected chi connectivity index (χ1v) is 7.67. The predicted octanol–water partition coefficient (Wildman–Crippen LogP) is 1.90. The van der Waals surface area contributed by atoms with Crippen molar-refractivity contribution in [2.24, 2.45) is 0 Å². The van der Waals surface area contributed by atoms with Gasteiger partial charge in [0.1, 0.15) is 0 Å². The first kappa shape index (κ1) is 14.0. The lowest BCUT2D eigenvalue weighted by atomic mass is 10.1. The Labute approximate surface area is 119 Å². The highest BCUT2D eigenvalue weighted by molar-refractivity contribution is 9.11. The summed E-state index contributed by atoms with van der Waals surface area (Å²) in [6.07, 6.45) is 1.84. The number of amides is 1. The summed E-state index contributed by atoms with van der Waals surface area (Å²) in [6.45, 7) is 2.60. The molecule has 1 amide bonds. The van der Waals surface area contributed by atoms with E-state index in [1.165, 1.54) is 4.88 Å². The second-order valence-electron chi connectivity index (χ2n) is 4.26. The Morgan fingerprint density at radius 3 is 2.89 bits per heavy atom. The fourth-order valence-corrected chi connectivity index (χ4v) is 3.32. The van der Waals surface area contributed by atoms with Gasteiger partial charge < -0.3 is 15.4 Å². The fourth-order valence-electron chi connectivity index (χ4n) is 1.87. The monoisotopic (exact) mass is 332 g/mol. The molecule has 2 N–H and O–H groups in total. The van der Waals surface area contributed by atoms with Crippen LogP contribution in [0, 0.1) is 0 Å². The van der Waals surface area contributed by atoms with Crippen LogP contribution in [-0.4, -0.2) is 31.7 Å². The third kappa shape index (κ3) is 4.68. The van der Waals surface area contributed by atoms with Crippen LogP contribution in [0.1, 0.15) is 17.7 Å². The maximum atomic E-state index is 11.7. The summed E-state index contributed by atoms with van der Waals surface area (Å²) in [5.74, 6) is 0.0671. The lowest BCUT2D eigenvalue weighted by Gasteiger charge is -2.23. The Morgan fingerprint density at radius 1 is 1.44 bits per heavy atom. The van der Waals surface area contributed by atoms with Gasteiger partial charge in [-0.05, 0) is 40.9 Å². The SMILES string of the molecule is O=C(CNCc1ccc(Br)s1)NC1CCOCC1. The van der Waals surface area contributed by atoms with Gasteiger partial charge in [0.15, 0.2) is 0 Å². The normalized spacial score (nSPS) is 16.7. The Kier molecular flexibility index (Phi) is 5.62. The number of thiophene rings is 1. The number of hydrogen-bond donors (Lipinski definition) is 2.